The SMILES string of the molecule is Oc1ccc(CN2CCOCC2)cc1C1Nc2ccccc2S1. The molecule has 4 nitrogen and oxygen atoms in total. The van der Waals surface area contributed by atoms with Crippen molar-refractivity contribution in [1.82, 2.24) is 4.90 Å². The molecule has 2 aliphatic rings. The second kappa shape index (κ2) is 6.43. The molecule has 2 N–H and O–H groups in total. The normalized spacial score (nSPS) is 21.0. The average molecular weight is 328 g/mol. The minimum atomic E-state index is 0.0667. The highest BCUT2D eigenvalue weighted by Crippen LogP contribution is 2.48. The zero-order valence-electron chi connectivity index (χ0n) is 12.9. The molecular weight excluding hydrogens is 308 g/mol. The molecule has 1 unspecified atom stereocenters. The van der Waals surface area contributed by atoms with Gasteiger partial charge in [0.2, 0.25) is 0 Å². The average Bonchev–Trinajstić information content (AvgIpc) is 3.01. The number of hydrogen-bond acceptors (Lipinski definition) is 5. The monoisotopic (exact) mass is 328 g/mol. The molecule has 5 heteroatoms. The van der Waals surface area contributed by atoms with Gasteiger partial charge in [0.15, 0.2) is 0 Å². The van der Waals surface area contributed by atoms with Crippen molar-refractivity contribution >= 4 is 17.4 Å². The van der Waals surface area contributed by atoms with Crippen LogP contribution in [0.25, 0.3) is 0 Å². The number of para-hydroxylation sites is 1. The van der Waals surface area contributed by atoms with Crippen LogP contribution in [0.2, 0.25) is 0 Å². The Balaban J connectivity index is 1.53. The van der Waals surface area contributed by atoms with E-state index in [9.17, 15) is 5.11 Å². The van der Waals surface area contributed by atoms with Crippen molar-refractivity contribution in [3.63, 3.8) is 0 Å². The molecule has 4 rings (SSSR count). The van der Waals surface area contributed by atoms with E-state index in [-0.39, 0.29) is 5.37 Å². The Morgan fingerprint density at radius 1 is 1.17 bits per heavy atom. The van der Waals surface area contributed by atoms with Crippen LogP contribution in [0.4, 0.5) is 5.69 Å². The first-order valence-corrected chi connectivity index (χ1v) is 8.82. The predicted octanol–water partition coefficient (Wildman–Crippen LogP) is 3.44. The summed E-state index contributed by atoms with van der Waals surface area (Å²) < 4.78 is 5.40. The first-order valence-electron chi connectivity index (χ1n) is 7.94. The maximum absolute atomic E-state index is 10.3. The highest BCUT2D eigenvalue weighted by atomic mass is 32.2. The van der Waals surface area contributed by atoms with Crippen molar-refractivity contribution in [3.8, 4) is 5.75 Å². The van der Waals surface area contributed by atoms with Crippen LogP contribution in [0, 0.1) is 0 Å². The zero-order chi connectivity index (χ0) is 15.6. The molecule has 2 aromatic carbocycles. The van der Waals surface area contributed by atoms with E-state index >= 15 is 0 Å². The molecular formula is C18H20N2O2S. The number of nitrogens with zero attached hydrogens (tertiary/aromatic N) is 1. The summed E-state index contributed by atoms with van der Waals surface area (Å²) in [5.41, 5.74) is 3.33. The Labute approximate surface area is 140 Å². The van der Waals surface area contributed by atoms with E-state index in [0.717, 1.165) is 44.1 Å². The molecule has 0 amide bonds. The number of nitrogens with one attached hydrogen (secondary N) is 1. The van der Waals surface area contributed by atoms with Crippen molar-refractivity contribution in [2.75, 3.05) is 31.6 Å². The Morgan fingerprint density at radius 2 is 2.00 bits per heavy atom. The third-order valence-corrected chi connectivity index (χ3v) is 5.52. The number of aromatic hydroxyl groups is 1. The second-order valence-corrected chi connectivity index (χ2v) is 7.07. The molecule has 0 spiro atoms. The van der Waals surface area contributed by atoms with Gasteiger partial charge in [0, 0.05) is 35.8 Å². The second-order valence-electron chi connectivity index (χ2n) is 5.92. The van der Waals surface area contributed by atoms with Crippen molar-refractivity contribution < 1.29 is 9.84 Å². The molecule has 1 fully saturated rings. The fraction of sp³-hybridized carbons (Fsp3) is 0.333. The highest BCUT2D eigenvalue weighted by Gasteiger charge is 2.25. The van der Waals surface area contributed by atoms with E-state index in [1.165, 1.54) is 10.5 Å². The molecule has 0 radical (unpaired) electrons. The number of hydrogen-bond donors (Lipinski definition) is 2. The van der Waals surface area contributed by atoms with Gasteiger partial charge < -0.3 is 15.2 Å². The van der Waals surface area contributed by atoms with Crippen LogP contribution in [0.1, 0.15) is 16.5 Å². The van der Waals surface area contributed by atoms with Gasteiger partial charge in [-0.3, -0.25) is 4.90 Å². The summed E-state index contributed by atoms with van der Waals surface area (Å²) in [5, 5.41) is 13.9. The summed E-state index contributed by atoms with van der Waals surface area (Å²) >= 11 is 1.75. The molecule has 23 heavy (non-hydrogen) atoms. The van der Waals surface area contributed by atoms with Crippen LogP contribution in [-0.2, 0) is 11.3 Å². The van der Waals surface area contributed by atoms with Crippen LogP contribution < -0.4 is 5.32 Å². The standard InChI is InChI=1S/C18H20N2O2S/c21-16-6-5-13(12-20-7-9-22-10-8-20)11-14(16)18-19-15-3-1-2-4-17(15)23-18/h1-6,11,18-19,21H,7-10,12H2. The molecule has 0 bridgehead atoms. The number of benzene rings is 2. The van der Waals surface area contributed by atoms with E-state index in [4.69, 9.17) is 4.74 Å². The zero-order valence-corrected chi connectivity index (χ0v) is 13.7. The molecule has 2 aromatic rings. The molecule has 1 atom stereocenters. The predicted molar refractivity (Wildman–Crippen MR) is 92.9 cm³/mol. The number of morpholine rings is 1. The van der Waals surface area contributed by atoms with Crippen molar-refractivity contribution in [2.24, 2.45) is 0 Å². The number of phenols is 1. The number of phenolic OH excluding ortho intramolecular Hbond substituents is 1. The molecule has 0 aromatic heterocycles. The lowest BCUT2D eigenvalue weighted by molar-refractivity contribution is 0.0342. The third kappa shape index (κ3) is 3.17. The summed E-state index contributed by atoms with van der Waals surface area (Å²) in [6.45, 7) is 4.46. The Kier molecular flexibility index (Phi) is 4.16. The van der Waals surface area contributed by atoms with Crippen LogP contribution in [0.15, 0.2) is 47.4 Å². The maximum atomic E-state index is 10.3. The number of anilines is 1. The van der Waals surface area contributed by atoms with E-state index in [1.807, 2.05) is 24.3 Å². The van der Waals surface area contributed by atoms with E-state index in [2.05, 4.69) is 28.4 Å². The molecule has 0 aliphatic carbocycles. The van der Waals surface area contributed by atoms with Gasteiger partial charge >= 0.3 is 0 Å². The Hall–Kier alpha value is -1.69. The smallest absolute Gasteiger partial charge is 0.121 e. The minimum absolute atomic E-state index is 0.0667. The van der Waals surface area contributed by atoms with Gasteiger partial charge in [0.05, 0.1) is 13.2 Å². The first kappa shape index (κ1) is 14.9. The largest absolute Gasteiger partial charge is 0.508 e. The number of thioether (sulfide) groups is 1. The van der Waals surface area contributed by atoms with Crippen LogP contribution in [-0.4, -0.2) is 36.3 Å². The summed E-state index contributed by atoms with van der Waals surface area (Å²) in [6.07, 6.45) is 0. The molecule has 0 saturated carbocycles. The van der Waals surface area contributed by atoms with E-state index in [1.54, 1.807) is 11.8 Å². The van der Waals surface area contributed by atoms with Gasteiger partial charge in [-0.25, -0.2) is 0 Å². The molecule has 120 valence electrons. The lowest BCUT2D eigenvalue weighted by atomic mass is 10.1. The fourth-order valence-corrected chi connectivity index (χ4v) is 4.22. The number of ether oxygens (including phenoxy) is 1. The fourth-order valence-electron chi connectivity index (χ4n) is 3.06. The molecule has 2 aliphatic heterocycles. The number of fused-ring (bicyclic) bond motifs is 1. The summed E-state index contributed by atoms with van der Waals surface area (Å²) in [5.74, 6) is 0.355. The van der Waals surface area contributed by atoms with E-state index < -0.39 is 0 Å². The summed E-state index contributed by atoms with van der Waals surface area (Å²) in [6, 6.07) is 14.2. The van der Waals surface area contributed by atoms with Gasteiger partial charge in [-0.1, -0.05) is 30.0 Å². The van der Waals surface area contributed by atoms with Crippen LogP contribution in [0.3, 0.4) is 0 Å². The third-order valence-electron chi connectivity index (χ3n) is 4.30. The van der Waals surface area contributed by atoms with E-state index in [0.29, 0.717) is 5.75 Å². The maximum Gasteiger partial charge on any atom is 0.121 e. The highest BCUT2D eigenvalue weighted by molar-refractivity contribution is 8.00. The van der Waals surface area contributed by atoms with Gasteiger partial charge in [0.25, 0.3) is 0 Å². The van der Waals surface area contributed by atoms with Crippen LogP contribution in [0.5, 0.6) is 5.75 Å². The van der Waals surface area contributed by atoms with Gasteiger partial charge in [-0.15, -0.1) is 0 Å². The van der Waals surface area contributed by atoms with Crippen LogP contribution >= 0.6 is 11.8 Å². The van der Waals surface area contributed by atoms with Gasteiger partial charge in [-0.05, 0) is 29.8 Å². The van der Waals surface area contributed by atoms with Crippen molar-refractivity contribution in [3.05, 3.63) is 53.6 Å². The Bertz CT molecular complexity index is 676. The lowest BCUT2D eigenvalue weighted by Crippen LogP contribution is -2.35. The van der Waals surface area contributed by atoms with Gasteiger partial charge in [-0.2, -0.15) is 0 Å². The summed E-state index contributed by atoms with van der Waals surface area (Å²) in [7, 11) is 0. The first-order chi connectivity index (χ1) is 11.3. The van der Waals surface area contributed by atoms with Crippen molar-refractivity contribution in [2.45, 2.75) is 16.8 Å². The number of rotatable bonds is 3. The molecule has 1 saturated heterocycles. The Morgan fingerprint density at radius 3 is 2.83 bits per heavy atom. The topological polar surface area (TPSA) is 44.7 Å². The van der Waals surface area contributed by atoms with Crippen molar-refractivity contribution in [1.29, 1.82) is 0 Å². The summed E-state index contributed by atoms with van der Waals surface area (Å²) in [4.78, 5) is 3.62. The lowest BCUT2D eigenvalue weighted by Gasteiger charge is -2.27. The minimum Gasteiger partial charge on any atom is -0.508 e. The quantitative estimate of drug-likeness (QED) is 0.904. The van der Waals surface area contributed by atoms with Gasteiger partial charge in [0.1, 0.15) is 11.1 Å². The molecule has 2 heterocycles.